The van der Waals surface area contributed by atoms with Gasteiger partial charge in [-0.05, 0) is 67.7 Å². The molecule has 0 saturated heterocycles. The molecule has 4 rings (SSSR count). The Bertz CT molecular complexity index is 817. The van der Waals surface area contributed by atoms with Gasteiger partial charge in [-0.3, -0.25) is 9.59 Å². The number of hydrogen-bond acceptors (Lipinski definition) is 2. The van der Waals surface area contributed by atoms with Gasteiger partial charge in [0.1, 0.15) is 5.78 Å². The first-order chi connectivity index (χ1) is 12.6. The van der Waals surface area contributed by atoms with Crippen molar-refractivity contribution in [3.63, 3.8) is 0 Å². The summed E-state index contributed by atoms with van der Waals surface area (Å²) >= 11 is 0. The van der Waals surface area contributed by atoms with Crippen LogP contribution in [0.4, 0.5) is 0 Å². The maximum Gasteiger partial charge on any atom is 0.155 e. The van der Waals surface area contributed by atoms with E-state index < -0.39 is 47.6 Å². The van der Waals surface area contributed by atoms with E-state index in [0.717, 1.165) is 0 Å². The van der Waals surface area contributed by atoms with Gasteiger partial charge >= 0.3 is 0 Å². The summed E-state index contributed by atoms with van der Waals surface area (Å²) in [6.07, 6.45) is -5.11. The third kappa shape index (κ3) is 1.71. The summed E-state index contributed by atoms with van der Waals surface area (Å²) in [6, 6.07) is -0.534. The van der Waals surface area contributed by atoms with Crippen molar-refractivity contribution in [1.82, 2.24) is 0 Å². The number of allylic oxidation sites excluding steroid dienone is 1. The number of Topliss-reactive ketones (excluding diaryl/α,β-unsaturated/α-hetero) is 1. The van der Waals surface area contributed by atoms with Crippen LogP contribution in [0.5, 0.6) is 0 Å². The molecule has 0 bridgehead atoms. The van der Waals surface area contributed by atoms with Gasteiger partial charge in [0.25, 0.3) is 0 Å². The van der Waals surface area contributed by atoms with Crippen molar-refractivity contribution in [1.29, 1.82) is 0 Å². The number of carbonyl (C=O) groups excluding carboxylic acids is 2. The van der Waals surface area contributed by atoms with Gasteiger partial charge in [0.15, 0.2) is 5.78 Å². The Morgan fingerprint density at radius 3 is 2.62 bits per heavy atom. The molecule has 0 aromatic heterocycles. The van der Waals surface area contributed by atoms with Gasteiger partial charge in [-0.25, -0.2) is 0 Å². The average Bonchev–Trinajstić information content (AvgIpc) is 2.71. The summed E-state index contributed by atoms with van der Waals surface area (Å²) in [6.45, 7) is 3.56. The Kier molecular flexibility index (Phi) is 1.65. The fraction of sp³-hybridized carbons (Fsp3) is 0.789. The Labute approximate surface area is 137 Å². The Morgan fingerprint density at radius 1 is 1.05 bits per heavy atom. The maximum absolute atomic E-state index is 12.8. The van der Waals surface area contributed by atoms with Gasteiger partial charge in [-0.2, -0.15) is 0 Å². The minimum Gasteiger partial charge on any atom is -0.299 e. The van der Waals surface area contributed by atoms with E-state index in [-0.39, 0.29) is 42.6 Å². The number of ketones is 2. The molecule has 3 fully saturated rings. The monoisotopic (exact) mass is 293 g/mol. The van der Waals surface area contributed by atoms with Crippen LogP contribution in [0.15, 0.2) is 11.6 Å². The highest BCUT2D eigenvalue weighted by molar-refractivity contribution is 5.91. The third-order valence-corrected chi connectivity index (χ3v) is 6.59. The molecule has 0 radical (unpaired) electrons. The minimum absolute atomic E-state index is 0.0465. The molecule has 0 aliphatic heterocycles. The molecule has 0 spiro atoms. The third-order valence-electron chi connectivity index (χ3n) is 6.59. The van der Waals surface area contributed by atoms with Gasteiger partial charge in [0.2, 0.25) is 0 Å². The fourth-order valence-corrected chi connectivity index (χ4v) is 5.18. The van der Waals surface area contributed by atoms with Crippen molar-refractivity contribution >= 4 is 11.6 Å². The lowest BCUT2D eigenvalue weighted by molar-refractivity contribution is -0.132. The molecule has 2 nitrogen and oxygen atoms in total. The zero-order valence-corrected chi connectivity index (χ0v) is 12.6. The molecule has 0 amide bonds. The maximum atomic E-state index is 12.8. The highest BCUT2D eigenvalue weighted by atomic mass is 16.1. The molecular weight excluding hydrogens is 260 g/mol. The molecule has 0 aromatic rings. The number of hydrogen-bond donors (Lipinski definition) is 0. The van der Waals surface area contributed by atoms with Crippen molar-refractivity contribution in [2.45, 2.75) is 65.1 Å². The molecular formula is C19H26O2. The number of fused-ring (bicyclic) bond motifs is 5. The van der Waals surface area contributed by atoms with Gasteiger partial charge < -0.3 is 0 Å². The van der Waals surface area contributed by atoms with Crippen molar-refractivity contribution in [2.75, 3.05) is 0 Å². The fourth-order valence-electron chi connectivity index (χ4n) is 5.18. The van der Waals surface area contributed by atoms with Crippen LogP contribution in [-0.4, -0.2) is 11.6 Å². The van der Waals surface area contributed by atoms with E-state index in [0.29, 0.717) is 12.8 Å². The Morgan fingerprint density at radius 2 is 1.81 bits per heavy atom. The van der Waals surface area contributed by atoms with Crippen LogP contribution in [0.2, 0.25) is 0 Å². The van der Waals surface area contributed by atoms with E-state index in [2.05, 4.69) is 0 Å². The molecule has 4 aliphatic rings. The van der Waals surface area contributed by atoms with Crippen LogP contribution in [0.25, 0.3) is 0 Å². The summed E-state index contributed by atoms with van der Waals surface area (Å²) in [7, 11) is 0. The zero-order valence-electron chi connectivity index (χ0n) is 19.6. The number of carbonyl (C=O) groups is 2. The van der Waals surface area contributed by atoms with Crippen molar-refractivity contribution in [2.24, 2.45) is 28.6 Å². The van der Waals surface area contributed by atoms with Crippen LogP contribution in [0.3, 0.4) is 0 Å². The summed E-state index contributed by atoms with van der Waals surface area (Å²) in [4.78, 5) is 25.1. The van der Waals surface area contributed by atoms with E-state index in [4.69, 9.17) is 9.60 Å². The quantitative estimate of drug-likeness (QED) is 0.674. The molecule has 114 valence electrons. The summed E-state index contributed by atoms with van der Waals surface area (Å²) in [5.74, 6) is -2.10. The topological polar surface area (TPSA) is 34.1 Å². The van der Waals surface area contributed by atoms with Crippen LogP contribution in [-0.2, 0) is 9.59 Å². The summed E-state index contributed by atoms with van der Waals surface area (Å²) in [5.41, 5.74) is -1.70. The molecule has 0 N–H and O–H groups in total. The molecule has 4 aliphatic carbocycles. The van der Waals surface area contributed by atoms with Crippen molar-refractivity contribution in [3.05, 3.63) is 11.6 Å². The Balaban J connectivity index is 1.86. The summed E-state index contributed by atoms with van der Waals surface area (Å²) in [5, 5.41) is 0. The SMILES string of the molecule is [2H]C1=C2C([2H])([2H])CC3C(CC[C@]4(C)C(=O)C([2H])([2H])CC34)[C@@]2(C)CC([2H])([2H])C1=O. The Hall–Kier alpha value is -0.920. The highest BCUT2D eigenvalue weighted by Gasteiger charge is 2.58. The van der Waals surface area contributed by atoms with E-state index in [1.165, 1.54) is 0 Å². The van der Waals surface area contributed by atoms with Crippen LogP contribution < -0.4 is 0 Å². The second-order valence-corrected chi connectivity index (χ2v) is 7.52. The first-order valence-corrected chi connectivity index (χ1v) is 7.89. The second-order valence-electron chi connectivity index (χ2n) is 7.52. The average molecular weight is 293 g/mol. The van der Waals surface area contributed by atoms with E-state index in [1.54, 1.807) is 13.8 Å². The second kappa shape index (κ2) is 4.30. The molecule has 0 heterocycles. The zero-order chi connectivity index (χ0) is 21.1. The number of rotatable bonds is 0. The van der Waals surface area contributed by atoms with Gasteiger partial charge in [-0.1, -0.05) is 19.4 Å². The lowest BCUT2D eigenvalue weighted by Crippen LogP contribution is -2.50. The van der Waals surface area contributed by atoms with Gasteiger partial charge in [0.05, 0.1) is 1.37 Å². The van der Waals surface area contributed by atoms with E-state index >= 15 is 0 Å². The first-order valence-electron chi connectivity index (χ1n) is 11.4. The molecule has 5 atom stereocenters. The largest absolute Gasteiger partial charge is 0.299 e. The minimum atomic E-state index is -2.21. The predicted octanol–water partition coefficient (Wildman–Crippen LogP) is 4.09. The summed E-state index contributed by atoms with van der Waals surface area (Å²) < 4.78 is 58.2. The van der Waals surface area contributed by atoms with Gasteiger partial charge in [-0.15, -0.1) is 0 Å². The van der Waals surface area contributed by atoms with Crippen LogP contribution in [0, 0.1) is 28.6 Å². The predicted molar refractivity (Wildman–Crippen MR) is 81.7 cm³/mol. The molecule has 21 heavy (non-hydrogen) atoms. The first kappa shape index (κ1) is 8.08. The molecule has 3 saturated carbocycles. The smallest absolute Gasteiger partial charge is 0.155 e. The van der Waals surface area contributed by atoms with E-state index in [1.807, 2.05) is 0 Å². The lowest BCUT2D eigenvalue weighted by Gasteiger charge is -2.56. The van der Waals surface area contributed by atoms with Crippen LogP contribution in [0.1, 0.15) is 74.7 Å². The molecule has 2 heteroatoms. The standard InChI is InChI=1S/C19H26O2/c1-18-9-7-13(20)11-12(18)3-4-14-15-5-6-17(21)19(15,2)10-8-16(14)18/h11,14-16H,3-10H2,1-2H3/t14?,15?,16?,18-,19-/m0/s1/i3D2,6D2,7D2,11D. The molecule has 3 unspecified atom stereocenters. The van der Waals surface area contributed by atoms with Crippen LogP contribution >= 0.6 is 0 Å². The highest BCUT2D eigenvalue weighted by Crippen LogP contribution is 2.64. The van der Waals surface area contributed by atoms with Gasteiger partial charge in [0, 0.05) is 26.4 Å². The van der Waals surface area contributed by atoms with Crippen molar-refractivity contribution in [3.8, 4) is 0 Å². The van der Waals surface area contributed by atoms with E-state index in [9.17, 15) is 9.59 Å². The van der Waals surface area contributed by atoms with Crippen molar-refractivity contribution < 1.29 is 19.2 Å². The lowest BCUT2D eigenvalue weighted by atomic mass is 9.47. The normalized spacial score (nSPS) is 61.8. The molecule has 0 aromatic carbocycles.